The molecule has 108 valence electrons. The fourth-order valence-electron chi connectivity index (χ4n) is 2.06. The fourth-order valence-corrected chi connectivity index (χ4v) is 2.06. The number of rotatable bonds is 3. The van der Waals surface area contributed by atoms with E-state index in [9.17, 15) is 18.8 Å². The van der Waals surface area contributed by atoms with Crippen LogP contribution < -0.4 is 0 Å². The van der Waals surface area contributed by atoms with Crippen LogP contribution in [0.2, 0.25) is 0 Å². The van der Waals surface area contributed by atoms with Gasteiger partial charge in [-0.15, -0.1) is 0 Å². The van der Waals surface area contributed by atoms with Crippen LogP contribution >= 0.6 is 0 Å². The van der Waals surface area contributed by atoms with Gasteiger partial charge in [0.15, 0.2) is 5.78 Å². The molecule has 5 heteroatoms. The SMILES string of the molecule is CCN1C(=O)CC(=O)/C(=C\C=C\c2cccc(F)c2)C1=O. The van der Waals surface area contributed by atoms with Crippen molar-refractivity contribution in [3.63, 3.8) is 0 Å². The fraction of sp³-hybridized carbons (Fsp3) is 0.188. The number of carbonyl (C=O) groups excluding carboxylic acids is 3. The maximum absolute atomic E-state index is 13.0. The molecule has 1 aliphatic heterocycles. The highest BCUT2D eigenvalue weighted by molar-refractivity contribution is 6.30. The van der Waals surface area contributed by atoms with Crippen LogP contribution in [0.5, 0.6) is 0 Å². The highest BCUT2D eigenvalue weighted by Gasteiger charge is 2.34. The number of piperidine rings is 1. The van der Waals surface area contributed by atoms with Crippen LogP contribution in [0.1, 0.15) is 18.9 Å². The van der Waals surface area contributed by atoms with Gasteiger partial charge in [-0.1, -0.05) is 24.3 Å². The molecule has 1 fully saturated rings. The minimum absolute atomic E-state index is 0.0240. The van der Waals surface area contributed by atoms with E-state index in [2.05, 4.69) is 0 Å². The Bertz CT molecular complexity index is 661. The van der Waals surface area contributed by atoms with E-state index in [1.165, 1.54) is 24.3 Å². The topological polar surface area (TPSA) is 54.5 Å². The summed E-state index contributed by atoms with van der Waals surface area (Å²) in [5, 5.41) is 0. The van der Waals surface area contributed by atoms with Gasteiger partial charge < -0.3 is 0 Å². The number of hydrogen-bond acceptors (Lipinski definition) is 3. The minimum atomic E-state index is -0.581. The van der Waals surface area contributed by atoms with Crippen molar-refractivity contribution >= 4 is 23.7 Å². The van der Waals surface area contributed by atoms with Crippen LogP contribution in [-0.2, 0) is 14.4 Å². The number of halogens is 1. The number of benzene rings is 1. The lowest BCUT2D eigenvalue weighted by atomic mass is 10.0. The summed E-state index contributed by atoms with van der Waals surface area (Å²) in [6.45, 7) is 1.90. The zero-order valence-corrected chi connectivity index (χ0v) is 11.5. The molecular formula is C16H14FNO3. The predicted molar refractivity (Wildman–Crippen MR) is 75.5 cm³/mol. The number of allylic oxidation sites excluding steroid dienone is 2. The third-order valence-corrected chi connectivity index (χ3v) is 3.11. The van der Waals surface area contributed by atoms with Crippen molar-refractivity contribution in [1.29, 1.82) is 0 Å². The quantitative estimate of drug-likeness (QED) is 0.370. The number of amides is 2. The molecule has 2 rings (SSSR count). The van der Waals surface area contributed by atoms with Gasteiger partial charge in [0.25, 0.3) is 5.91 Å². The molecule has 21 heavy (non-hydrogen) atoms. The summed E-state index contributed by atoms with van der Waals surface area (Å²) < 4.78 is 13.0. The first-order valence-electron chi connectivity index (χ1n) is 6.54. The Hall–Kier alpha value is -2.56. The van der Waals surface area contributed by atoms with Gasteiger partial charge in [0.1, 0.15) is 5.82 Å². The van der Waals surface area contributed by atoms with E-state index in [0.717, 1.165) is 4.90 Å². The average Bonchev–Trinajstić information content (AvgIpc) is 2.43. The lowest BCUT2D eigenvalue weighted by molar-refractivity contribution is -0.147. The maximum Gasteiger partial charge on any atom is 0.264 e. The van der Waals surface area contributed by atoms with Crippen LogP contribution in [0.15, 0.2) is 42.0 Å². The van der Waals surface area contributed by atoms with Gasteiger partial charge in [-0.2, -0.15) is 0 Å². The summed E-state index contributed by atoms with van der Waals surface area (Å²) in [5.41, 5.74) is 0.593. The Balaban J connectivity index is 2.21. The van der Waals surface area contributed by atoms with E-state index in [-0.39, 0.29) is 24.4 Å². The van der Waals surface area contributed by atoms with Gasteiger partial charge in [0.05, 0.1) is 12.0 Å². The van der Waals surface area contributed by atoms with E-state index in [1.807, 2.05) is 0 Å². The molecule has 0 unspecified atom stereocenters. The molecule has 0 bridgehead atoms. The van der Waals surface area contributed by atoms with Gasteiger partial charge in [-0.3, -0.25) is 19.3 Å². The molecule has 1 aromatic carbocycles. The summed E-state index contributed by atoms with van der Waals surface area (Å²) in [4.78, 5) is 36.3. The molecule has 0 atom stereocenters. The molecule has 4 nitrogen and oxygen atoms in total. The number of nitrogens with zero attached hydrogens (tertiary/aromatic N) is 1. The Morgan fingerprint density at radius 1 is 1.29 bits per heavy atom. The second-order valence-electron chi connectivity index (χ2n) is 4.54. The maximum atomic E-state index is 13.0. The zero-order chi connectivity index (χ0) is 15.4. The third kappa shape index (κ3) is 3.31. The molecule has 0 saturated carbocycles. The number of likely N-dealkylation sites (N-methyl/N-ethyl adjacent to an activating group) is 1. The first-order chi connectivity index (χ1) is 10.0. The second-order valence-corrected chi connectivity index (χ2v) is 4.54. The summed E-state index contributed by atoms with van der Waals surface area (Å²) >= 11 is 0. The van der Waals surface area contributed by atoms with Gasteiger partial charge >= 0.3 is 0 Å². The Morgan fingerprint density at radius 2 is 2.05 bits per heavy atom. The molecule has 0 N–H and O–H groups in total. The standard InChI is InChI=1S/C16H14FNO3/c1-2-18-15(20)10-14(19)13(16(18)21)8-4-6-11-5-3-7-12(17)9-11/h3-9H,2,10H2,1H3/b6-4+,13-8+. The first-order valence-corrected chi connectivity index (χ1v) is 6.54. The molecule has 2 amide bonds. The van der Waals surface area contributed by atoms with E-state index >= 15 is 0 Å². The number of likely N-dealkylation sites (tertiary alicyclic amines) is 1. The number of imide groups is 1. The summed E-state index contributed by atoms with van der Waals surface area (Å²) in [6, 6.07) is 5.93. The third-order valence-electron chi connectivity index (χ3n) is 3.11. The van der Waals surface area contributed by atoms with Crippen molar-refractivity contribution in [2.45, 2.75) is 13.3 Å². The molecule has 0 spiro atoms. The lowest BCUT2D eigenvalue weighted by Crippen LogP contribution is -2.44. The van der Waals surface area contributed by atoms with Crippen LogP contribution in [0, 0.1) is 5.82 Å². The Kier molecular flexibility index (Phi) is 4.42. The Morgan fingerprint density at radius 3 is 2.71 bits per heavy atom. The highest BCUT2D eigenvalue weighted by atomic mass is 19.1. The lowest BCUT2D eigenvalue weighted by Gasteiger charge is -2.24. The van der Waals surface area contributed by atoms with Crippen molar-refractivity contribution in [2.24, 2.45) is 0 Å². The van der Waals surface area contributed by atoms with Crippen molar-refractivity contribution in [1.82, 2.24) is 4.90 Å². The molecule has 1 aromatic rings. The van der Waals surface area contributed by atoms with Crippen molar-refractivity contribution < 1.29 is 18.8 Å². The van der Waals surface area contributed by atoms with Crippen LogP contribution in [0.3, 0.4) is 0 Å². The number of ketones is 1. The normalized spacial score (nSPS) is 18.1. The Labute approximate surface area is 121 Å². The van der Waals surface area contributed by atoms with Gasteiger partial charge in [-0.05, 0) is 30.7 Å². The van der Waals surface area contributed by atoms with Crippen molar-refractivity contribution in [3.05, 3.63) is 53.4 Å². The van der Waals surface area contributed by atoms with Gasteiger partial charge in [0, 0.05) is 6.54 Å². The minimum Gasteiger partial charge on any atom is -0.293 e. The number of carbonyl (C=O) groups is 3. The molecule has 1 aliphatic rings. The number of Topliss-reactive ketones (excluding diaryl/α,β-unsaturated/α-hetero) is 1. The van der Waals surface area contributed by atoms with Crippen LogP contribution in [0.4, 0.5) is 4.39 Å². The van der Waals surface area contributed by atoms with E-state index in [1.54, 1.807) is 25.1 Å². The zero-order valence-electron chi connectivity index (χ0n) is 11.5. The average molecular weight is 287 g/mol. The highest BCUT2D eigenvalue weighted by Crippen LogP contribution is 2.15. The van der Waals surface area contributed by atoms with E-state index in [4.69, 9.17) is 0 Å². The number of hydrogen-bond donors (Lipinski definition) is 0. The van der Waals surface area contributed by atoms with Crippen molar-refractivity contribution in [3.8, 4) is 0 Å². The molecule has 1 heterocycles. The molecule has 0 aliphatic carbocycles. The van der Waals surface area contributed by atoms with Crippen LogP contribution in [0.25, 0.3) is 6.08 Å². The summed E-state index contributed by atoms with van der Waals surface area (Å²) in [7, 11) is 0. The second kappa shape index (κ2) is 6.26. The summed E-state index contributed by atoms with van der Waals surface area (Å²) in [5.74, 6) is -1.91. The van der Waals surface area contributed by atoms with Gasteiger partial charge in [-0.25, -0.2) is 4.39 Å². The molecular weight excluding hydrogens is 273 g/mol. The largest absolute Gasteiger partial charge is 0.293 e. The molecule has 1 saturated heterocycles. The van der Waals surface area contributed by atoms with Crippen LogP contribution in [-0.4, -0.2) is 29.0 Å². The molecule has 0 radical (unpaired) electrons. The smallest absolute Gasteiger partial charge is 0.264 e. The first kappa shape index (κ1) is 14.8. The van der Waals surface area contributed by atoms with Gasteiger partial charge in [0.2, 0.25) is 5.91 Å². The predicted octanol–water partition coefficient (Wildman–Crippen LogP) is 2.11. The monoisotopic (exact) mass is 287 g/mol. The summed E-state index contributed by atoms with van der Waals surface area (Å²) in [6.07, 6.45) is 4.16. The van der Waals surface area contributed by atoms with Crippen molar-refractivity contribution in [2.75, 3.05) is 6.54 Å². The van der Waals surface area contributed by atoms with E-state index in [0.29, 0.717) is 5.56 Å². The molecule has 0 aromatic heterocycles. The van der Waals surface area contributed by atoms with E-state index < -0.39 is 17.6 Å².